The summed E-state index contributed by atoms with van der Waals surface area (Å²) in [7, 11) is 0. The maximum Gasteiger partial charge on any atom is 0.226 e. The number of aromatic nitrogens is 1. The van der Waals surface area contributed by atoms with Gasteiger partial charge in [-0.05, 0) is 80.2 Å². The van der Waals surface area contributed by atoms with Crippen LogP contribution >= 0.6 is 11.6 Å². The van der Waals surface area contributed by atoms with Crippen molar-refractivity contribution in [1.82, 2.24) is 9.88 Å². The Morgan fingerprint density at radius 1 is 1.20 bits per heavy atom. The quantitative estimate of drug-likeness (QED) is 0.520. The van der Waals surface area contributed by atoms with E-state index in [0.717, 1.165) is 48.7 Å². The number of aromatic amines is 1. The molecule has 1 aliphatic heterocycles. The van der Waals surface area contributed by atoms with E-state index < -0.39 is 0 Å². The number of likely N-dealkylation sites (tertiary alicyclic amines) is 1. The number of hydrogen-bond acceptors (Lipinski definition) is 2. The van der Waals surface area contributed by atoms with E-state index in [9.17, 15) is 4.79 Å². The van der Waals surface area contributed by atoms with Crippen molar-refractivity contribution in [2.45, 2.75) is 46.1 Å². The summed E-state index contributed by atoms with van der Waals surface area (Å²) < 4.78 is 0. The van der Waals surface area contributed by atoms with Gasteiger partial charge in [-0.3, -0.25) is 9.69 Å². The fourth-order valence-electron chi connectivity index (χ4n) is 4.36. The first-order valence-electron chi connectivity index (χ1n) is 10.8. The van der Waals surface area contributed by atoms with Gasteiger partial charge in [-0.1, -0.05) is 37.6 Å². The molecule has 0 spiro atoms. The maximum absolute atomic E-state index is 12.0. The lowest BCUT2D eigenvalue weighted by Gasteiger charge is -2.32. The summed E-state index contributed by atoms with van der Waals surface area (Å²) in [5.41, 5.74) is 5.96. The van der Waals surface area contributed by atoms with E-state index in [2.05, 4.69) is 52.5 Å². The first kappa shape index (κ1) is 21.0. The number of hydrogen-bond donors (Lipinski definition) is 2. The number of amides is 1. The molecule has 2 N–H and O–H groups in total. The Morgan fingerprint density at radius 2 is 1.97 bits per heavy atom. The number of benzene rings is 2. The van der Waals surface area contributed by atoms with Crippen molar-refractivity contribution in [3.05, 3.63) is 64.3 Å². The standard InChI is InChI=1S/C25H30ClN3O/c1-16(2)25(30)28-21-6-4-5-19(13-21)18-9-11-29(12-10-18)15-23-17(3)27-24-8-7-20(26)14-22(23)24/h4-8,13-14,16,18,27H,9-12,15H2,1-3H3,(H,28,30). The van der Waals surface area contributed by atoms with Crippen molar-refractivity contribution in [3.63, 3.8) is 0 Å². The van der Waals surface area contributed by atoms with Crippen LogP contribution in [0.5, 0.6) is 0 Å². The molecule has 1 aliphatic rings. The number of piperidine rings is 1. The molecule has 0 radical (unpaired) electrons. The average Bonchev–Trinajstić information content (AvgIpc) is 3.03. The molecule has 0 saturated carbocycles. The summed E-state index contributed by atoms with van der Waals surface area (Å²) in [6, 6.07) is 14.4. The molecule has 3 aromatic rings. The number of anilines is 1. The van der Waals surface area contributed by atoms with E-state index in [1.165, 1.54) is 22.2 Å². The Balaban J connectivity index is 1.41. The predicted molar refractivity (Wildman–Crippen MR) is 125 cm³/mol. The molecule has 1 saturated heterocycles. The van der Waals surface area contributed by atoms with Crippen LogP contribution in [0.4, 0.5) is 5.69 Å². The van der Waals surface area contributed by atoms with E-state index in [4.69, 9.17) is 11.6 Å². The Kier molecular flexibility index (Phi) is 6.16. The highest BCUT2D eigenvalue weighted by molar-refractivity contribution is 6.31. The molecule has 1 amide bonds. The highest BCUT2D eigenvalue weighted by Gasteiger charge is 2.22. The predicted octanol–water partition coefficient (Wildman–Crippen LogP) is 6.10. The van der Waals surface area contributed by atoms with Crippen molar-refractivity contribution in [2.24, 2.45) is 5.92 Å². The van der Waals surface area contributed by atoms with Gasteiger partial charge in [0.15, 0.2) is 0 Å². The lowest BCUT2D eigenvalue weighted by Crippen LogP contribution is -2.32. The van der Waals surface area contributed by atoms with E-state index in [1.54, 1.807) is 0 Å². The van der Waals surface area contributed by atoms with E-state index >= 15 is 0 Å². The molecule has 4 rings (SSSR count). The minimum Gasteiger partial charge on any atom is -0.358 e. The van der Waals surface area contributed by atoms with Gasteiger partial charge in [0.05, 0.1) is 0 Å². The zero-order chi connectivity index (χ0) is 21.3. The van der Waals surface area contributed by atoms with E-state index in [-0.39, 0.29) is 11.8 Å². The van der Waals surface area contributed by atoms with Crippen LogP contribution in [-0.4, -0.2) is 28.9 Å². The monoisotopic (exact) mass is 423 g/mol. The second-order valence-electron chi connectivity index (χ2n) is 8.74. The average molecular weight is 424 g/mol. The molecule has 1 aromatic heterocycles. The summed E-state index contributed by atoms with van der Waals surface area (Å²) >= 11 is 6.24. The van der Waals surface area contributed by atoms with Gasteiger partial charge in [-0.2, -0.15) is 0 Å². The van der Waals surface area contributed by atoms with Crippen LogP contribution in [0.2, 0.25) is 5.02 Å². The minimum atomic E-state index is -0.0141. The summed E-state index contributed by atoms with van der Waals surface area (Å²) in [6.45, 7) is 9.06. The van der Waals surface area contributed by atoms with Crippen LogP contribution in [0, 0.1) is 12.8 Å². The lowest BCUT2D eigenvalue weighted by atomic mass is 9.89. The van der Waals surface area contributed by atoms with Gasteiger partial charge in [-0.25, -0.2) is 0 Å². The normalized spacial score (nSPS) is 15.8. The highest BCUT2D eigenvalue weighted by atomic mass is 35.5. The van der Waals surface area contributed by atoms with Gasteiger partial charge in [0, 0.05) is 39.8 Å². The van der Waals surface area contributed by atoms with E-state index in [1.807, 2.05) is 26.0 Å². The second-order valence-corrected chi connectivity index (χ2v) is 9.17. The summed E-state index contributed by atoms with van der Waals surface area (Å²) in [5.74, 6) is 0.589. The molecular formula is C25H30ClN3O. The van der Waals surface area contributed by atoms with Crippen LogP contribution in [-0.2, 0) is 11.3 Å². The number of aryl methyl sites for hydroxylation is 1. The fourth-order valence-corrected chi connectivity index (χ4v) is 4.54. The van der Waals surface area contributed by atoms with Crippen molar-refractivity contribution in [1.29, 1.82) is 0 Å². The number of rotatable bonds is 5. The largest absolute Gasteiger partial charge is 0.358 e. The Labute approximate surface area is 183 Å². The van der Waals surface area contributed by atoms with Crippen LogP contribution < -0.4 is 5.32 Å². The molecule has 30 heavy (non-hydrogen) atoms. The molecular weight excluding hydrogens is 394 g/mol. The molecule has 2 aromatic carbocycles. The molecule has 0 aliphatic carbocycles. The summed E-state index contributed by atoms with van der Waals surface area (Å²) in [5, 5.41) is 5.04. The van der Waals surface area contributed by atoms with Crippen LogP contribution in [0.1, 0.15) is 49.4 Å². The smallest absolute Gasteiger partial charge is 0.226 e. The van der Waals surface area contributed by atoms with Crippen molar-refractivity contribution < 1.29 is 4.79 Å². The second kappa shape index (κ2) is 8.83. The topological polar surface area (TPSA) is 48.1 Å². The van der Waals surface area contributed by atoms with Crippen LogP contribution in [0.3, 0.4) is 0 Å². The first-order chi connectivity index (χ1) is 14.4. The van der Waals surface area contributed by atoms with Gasteiger partial charge in [0.1, 0.15) is 0 Å². The third-order valence-electron chi connectivity index (χ3n) is 6.20. The number of carbonyl (C=O) groups is 1. The molecule has 4 nitrogen and oxygen atoms in total. The molecule has 158 valence electrons. The third-order valence-corrected chi connectivity index (χ3v) is 6.44. The Morgan fingerprint density at radius 3 is 2.70 bits per heavy atom. The van der Waals surface area contributed by atoms with E-state index in [0.29, 0.717) is 5.92 Å². The van der Waals surface area contributed by atoms with Crippen LogP contribution in [0.15, 0.2) is 42.5 Å². The number of carbonyl (C=O) groups excluding carboxylic acids is 1. The van der Waals surface area contributed by atoms with Crippen LogP contribution in [0.25, 0.3) is 10.9 Å². The summed E-state index contributed by atoms with van der Waals surface area (Å²) in [6.07, 6.45) is 2.26. The number of nitrogens with zero attached hydrogens (tertiary/aromatic N) is 1. The molecule has 0 atom stereocenters. The van der Waals surface area contributed by atoms with Gasteiger partial charge < -0.3 is 10.3 Å². The Hall–Kier alpha value is -2.30. The lowest BCUT2D eigenvalue weighted by molar-refractivity contribution is -0.118. The molecule has 5 heteroatoms. The third kappa shape index (κ3) is 4.55. The number of H-pyrrole nitrogens is 1. The maximum atomic E-state index is 12.0. The summed E-state index contributed by atoms with van der Waals surface area (Å²) in [4.78, 5) is 18.0. The molecule has 0 bridgehead atoms. The molecule has 2 heterocycles. The van der Waals surface area contributed by atoms with Crippen molar-refractivity contribution in [3.8, 4) is 0 Å². The zero-order valence-corrected chi connectivity index (χ0v) is 18.7. The van der Waals surface area contributed by atoms with Crippen molar-refractivity contribution >= 4 is 34.1 Å². The fraction of sp³-hybridized carbons (Fsp3) is 0.400. The molecule has 1 fully saturated rings. The zero-order valence-electron chi connectivity index (χ0n) is 18.0. The molecule has 0 unspecified atom stereocenters. The van der Waals surface area contributed by atoms with Gasteiger partial charge in [0.2, 0.25) is 5.91 Å². The SMILES string of the molecule is Cc1[nH]c2ccc(Cl)cc2c1CN1CCC(c2cccc(NC(=O)C(C)C)c2)CC1. The van der Waals surface area contributed by atoms with Gasteiger partial charge in [0.25, 0.3) is 0 Å². The first-order valence-corrected chi connectivity index (χ1v) is 11.2. The van der Waals surface area contributed by atoms with Gasteiger partial charge >= 0.3 is 0 Å². The van der Waals surface area contributed by atoms with Gasteiger partial charge in [-0.15, -0.1) is 0 Å². The number of fused-ring (bicyclic) bond motifs is 1. The Bertz CT molecular complexity index is 1050. The minimum absolute atomic E-state index is 0.0141. The highest BCUT2D eigenvalue weighted by Crippen LogP contribution is 2.32. The number of halogens is 1. The number of nitrogens with one attached hydrogen (secondary N) is 2. The van der Waals surface area contributed by atoms with Crippen molar-refractivity contribution in [2.75, 3.05) is 18.4 Å².